The molecular formula is C15H20O. The summed E-state index contributed by atoms with van der Waals surface area (Å²) in [5.74, 6) is 0.934. The number of fused-ring (bicyclic) bond motifs is 1. The fraction of sp³-hybridized carbons (Fsp3) is 0.533. The molecule has 0 heterocycles. The highest BCUT2D eigenvalue weighted by molar-refractivity contribution is 5.91. The SMILES string of the molecule is CC(C)c1ccc2c(c1)CCC(=O)C2(C)C. The van der Waals surface area contributed by atoms with Crippen molar-refractivity contribution in [3.63, 3.8) is 0 Å². The first-order chi connectivity index (χ1) is 7.43. The van der Waals surface area contributed by atoms with Gasteiger partial charge in [-0.3, -0.25) is 4.79 Å². The van der Waals surface area contributed by atoms with Crippen LogP contribution in [0.25, 0.3) is 0 Å². The number of hydrogen-bond acceptors (Lipinski definition) is 1. The van der Waals surface area contributed by atoms with Crippen LogP contribution >= 0.6 is 0 Å². The van der Waals surface area contributed by atoms with E-state index in [1.165, 1.54) is 16.7 Å². The Morgan fingerprint density at radius 1 is 1.19 bits per heavy atom. The van der Waals surface area contributed by atoms with Crippen molar-refractivity contribution in [1.29, 1.82) is 0 Å². The van der Waals surface area contributed by atoms with Gasteiger partial charge >= 0.3 is 0 Å². The molecule has 0 atom stereocenters. The summed E-state index contributed by atoms with van der Waals surface area (Å²) in [7, 11) is 0. The Labute approximate surface area is 97.9 Å². The molecule has 86 valence electrons. The lowest BCUT2D eigenvalue weighted by Gasteiger charge is -2.31. The predicted octanol–water partition coefficient (Wildman–Crippen LogP) is 3.60. The molecule has 1 aliphatic rings. The summed E-state index contributed by atoms with van der Waals surface area (Å²) in [5.41, 5.74) is 3.69. The van der Waals surface area contributed by atoms with Crippen LogP contribution in [0, 0.1) is 0 Å². The van der Waals surface area contributed by atoms with E-state index >= 15 is 0 Å². The van der Waals surface area contributed by atoms with Crippen LogP contribution in [-0.4, -0.2) is 5.78 Å². The normalized spacial score (nSPS) is 18.7. The van der Waals surface area contributed by atoms with Crippen LogP contribution in [0.15, 0.2) is 18.2 Å². The second-order valence-corrected chi connectivity index (χ2v) is 5.62. The Bertz CT molecular complexity index is 427. The van der Waals surface area contributed by atoms with Gasteiger partial charge in [0.05, 0.1) is 0 Å². The number of carbonyl (C=O) groups is 1. The molecular weight excluding hydrogens is 196 g/mol. The summed E-state index contributed by atoms with van der Waals surface area (Å²) in [5, 5.41) is 0. The molecule has 0 saturated carbocycles. The molecule has 0 amide bonds. The lowest BCUT2D eigenvalue weighted by molar-refractivity contribution is -0.124. The van der Waals surface area contributed by atoms with E-state index in [9.17, 15) is 4.79 Å². The third-order valence-corrected chi connectivity index (χ3v) is 3.79. The summed E-state index contributed by atoms with van der Waals surface area (Å²) in [6.07, 6.45) is 1.61. The molecule has 1 nitrogen and oxygen atoms in total. The Balaban J connectivity index is 2.51. The van der Waals surface area contributed by atoms with Gasteiger partial charge in [-0.2, -0.15) is 0 Å². The first-order valence-electron chi connectivity index (χ1n) is 6.09. The molecule has 0 bridgehead atoms. The molecule has 0 spiro atoms. The third-order valence-electron chi connectivity index (χ3n) is 3.79. The van der Waals surface area contributed by atoms with E-state index in [2.05, 4.69) is 32.0 Å². The fourth-order valence-corrected chi connectivity index (χ4v) is 2.50. The second kappa shape index (κ2) is 3.73. The van der Waals surface area contributed by atoms with Gasteiger partial charge in [0, 0.05) is 11.8 Å². The number of rotatable bonds is 1. The van der Waals surface area contributed by atoms with Crippen LogP contribution < -0.4 is 0 Å². The van der Waals surface area contributed by atoms with E-state index in [-0.39, 0.29) is 5.41 Å². The highest BCUT2D eigenvalue weighted by atomic mass is 16.1. The predicted molar refractivity (Wildman–Crippen MR) is 66.9 cm³/mol. The molecule has 0 aliphatic heterocycles. The van der Waals surface area contributed by atoms with Crippen molar-refractivity contribution in [1.82, 2.24) is 0 Å². The molecule has 1 aliphatic carbocycles. The van der Waals surface area contributed by atoms with Gasteiger partial charge in [0.2, 0.25) is 0 Å². The first kappa shape index (κ1) is 11.4. The zero-order valence-corrected chi connectivity index (χ0v) is 10.6. The highest BCUT2D eigenvalue weighted by Gasteiger charge is 2.34. The number of benzene rings is 1. The summed E-state index contributed by atoms with van der Waals surface area (Å²) in [4.78, 5) is 11.9. The Morgan fingerprint density at radius 2 is 1.88 bits per heavy atom. The van der Waals surface area contributed by atoms with E-state index in [0.29, 0.717) is 18.1 Å². The van der Waals surface area contributed by atoms with Crippen LogP contribution in [-0.2, 0) is 16.6 Å². The molecule has 1 heteroatoms. The number of carbonyl (C=O) groups excluding carboxylic acids is 1. The molecule has 0 unspecified atom stereocenters. The fourth-order valence-electron chi connectivity index (χ4n) is 2.50. The molecule has 0 saturated heterocycles. The van der Waals surface area contributed by atoms with E-state index in [1.54, 1.807) is 0 Å². The maximum Gasteiger partial charge on any atom is 0.143 e. The smallest absolute Gasteiger partial charge is 0.143 e. The Kier molecular flexibility index (Phi) is 2.65. The number of Topliss-reactive ketones (excluding diaryl/α,β-unsaturated/α-hetero) is 1. The van der Waals surface area contributed by atoms with Gasteiger partial charge in [0.1, 0.15) is 5.78 Å². The number of hydrogen-bond donors (Lipinski definition) is 0. The van der Waals surface area contributed by atoms with Crippen molar-refractivity contribution in [2.75, 3.05) is 0 Å². The average molecular weight is 216 g/mol. The molecule has 16 heavy (non-hydrogen) atoms. The van der Waals surface area contributed by atoms with Crippen LogP contribution in [0.2, 0.25) is 0 Å². The minimum Gasteiger partial charge on any atom is -0.299 e. The Morgan fingerprint density at radius 3 is 2.50 bits per heavy atom. The summed E-state index contributed by atoms with van der Waals surface area (Å²) in [6, 6.07) is 6.61. The largest absolute Gasteiger partial charge is 0.299 e. The Hall–Kier alpha value is -1.11. The van der Waals surface area contributed by atoms with Gasteiger partial charge < -0.3 is 0 Å². The van der Waals surface area contributed by atoms with E-state index < -0.39 is 0 Å². The van der Waals surface area contributed by atoms with Crippen molar-refractivity contribution in [3.8, 4) is 0 Å². The maximum atomic E-state index is 11.9. The maximum absolute atomic E-state index is 11.9. The summed E-state index contributed by atoms with van der Waals surface area (Å²) >= 11 is 0. The van der Waals surface area contributed by atoms with Crippen LogP contribution in [0.4, 0.5) is 0 Å². The van der Waals surface area contributed by atoms with Crippen molar-refractivity contribution in [2.45, 2.75) is 51.9 Å². The lowest BCUT2D eigenvalue weighted by atomic mass is 9.71. The topological polar surface area (TPSA) is 17.1 Å². The van der Waals surface area contributed by atoms with Crippen molar-refractivity contribution < 1.29 is 4.79 Å². The molecule has 0 N–H and O–H groups in total. The van der Waals surface area contributed by atoms with Crippen LogP contribution in [0.3, 0.4) is 0 Å². The van der Waals surface area contributed by atoms with Crippen molar-refractivity contribution in [2.24, 2.45) is 0 Å². The zero-order valence-electron chi connectivity index (χ0n) is 10.6. The third kappa shape index (κ3) is 1.68. The van der Waals surface area contributed by atoms with E-state index in [1.807, 2.05) is 13.8 Å². The van der Waals surface area contributed by atoms with Crippen molar-refractivity contribution >= 4 is 5.78 Å². The molecule has 0 fully saturated rings. The minimum atomic E-state index is -0.289. The van der Waals surface area contributed by atoms with Gasteiger partial charge in [0.25, 0.3) is 0 Å². The average Bonchev–Trinajstić information content (AvgIpc) is 2.23. The van der Waals surface area contributed by atoms with Gasteiger partial charge in [-0.05, 0) is 42.9 Å². The van der Waals surface area contributed by atoms with Gasteiger partial charge in [0.15, 0.2) is 0 Å². The first-order valence-corrected chi connectivity index (χ1v) is 6.09. The van der Waals surface area contributed by atoms with E-state index in [0.717, 1.165) is 6.42 Å². The van der Waals surface area contributed by atoms with E-state index in [4.69, 9.17) is 0 Å². The lowest BCUT2D eigenvalue weighted by Crippen LogP contribution is -2.34. The minimum absolute atomic E-state index is 0.289. The molecule has 2 rings (SSSR count). The summed E-state index contributed by atoms with van der Waals surface area (Å²) in [6.45, 7) is 8.51. The van der Waals surface area contributed by atoms with Gasteiger partial charge in [-0.1, -0.05) is 32.0 Å². The van der Waals surface area contributed by atoms with Gasteiger partial charge in [-0.25, -0.2) is 0 Å². The molecule has 1 aromatic rings. The quantitative estimate of drug-likeness (QED) is 0.701. The molecule has 0 radical (unpaired) electrons. The van der Waals surface area contributed by atoms with Crippen LogP contribution in [0.1, 0.15) is 56.7 Å². The standard InChI is InChI=1S/C15H20O/c1-10(2)11-5-7-13-12(9-11)6-8-14(16)15(13,3)4/h5,7,9-10H,6,8H2,1-4H3. The second-order valence-electron chi connectivity index (χ2n) is 5.62. The molecule has 0 aromatic heterocycles. The van der Waals surface area contributed by atoms with Crippen LogP contribution in [0.5, 0.6) is 0 Å². The monoisotopic (exact) mass is 216 g/mol. The van der Waals surface area contributed by atoms with Gasteiger partial charge in [-0.15, -0.1) is 0 Å². The van der Waals surface area contributed by atoms with Crippen molar-refractivity contribution in [3.05, 3.63) is 34.9 Å². The zero-order chi connectivity index (χ0) is 11.9. The number of aryl methyl sites for hydroxylation is 1. The molecule has 1 aromatic carbocycles. The number of ketones is 1. The highest BCUT2D eigenvalue weighted by Crippen LogP contribution is 2.35. The summed E-state index contributed by atoms with van der Waals surface area (Å²) < 4.78 is 0.